The van der Waals surface area contributed by atoms with Crippen LogP contribution in [0.15, 0.2) is 24.3 Å². The number of nitrogens with zero attached hydrogens (tertiary/aromatic N) is 2. The minimum absolute atomic E-state index is 0.330. The summed E-state index contributed by atoms with van der Waals surface area (Å²) < 4.78 is 7.09. The van der Waals surface area contributed by atoms with Crippen LogP contribution in [0.1, 0.15) is 10.4 Å². The molecule has 0 aliphatic rings. The normalized spacial score (nSPS) is 11.3. The number of imidazole rings is 1. The molecule has 2 rings (SSSR count). The lowest BCUT2D eigenvalue weighted by Crippen LogP contribution is -2.11. The van der Waals surface area contributed by atoms with Crippen molar-refractivity contribution in [2.45, 2.75) is 6.54 Å². The second kappa shape index (κ2) is 5.62. The molecule has 7 heteroatoms. The molecular weight excluding hydrogens is 258 g/mol. The third-order valence-electron chi connectivity index (χ3n) is 2.93. The molecule has 2 aromatic rings. The average molecular weight is 275 g/mol. The maximum atomic E-state index is 11.3. The Labute approximate surface area is 116 Å². The first-order valence-corrected chi connectivity index (χ1v) is 6.07. The van der Waals surface area contributed by atoms with Crippen molar-refractivity contribution in [1.29, 1.82) is 0 Å². The summed E-state index contributed by atoms with van der Waals surface area (Å²) in [5.74, 6) is 0.296. The van der Waals surface area contributed by atoms with Gasteiger partial charge in [0.05, 0.1) is 12.6 Å². The molecule has 0 aliphatic heterocycles. The Hall–Kier alpha value is -2.54. The summed E-state index contributed by atoms with van der Waals surface area (Å²) >= 11 is 0. The quantitative estimate of drug-likeness (QED) is 0.675. The molecule has 20 heavy (non-hydrogen) atoms. The van der Waals surface area contributed by atoms with Crippen molar-refractivity contribution in [3.05, 3.63) is 29.8 Å². The van der Waals surface area contributed by atoms with Crippen molar-refractivity contribution in [1.82, 2.24) is 9.55 Å². The maximum Gasteiger partial charge on any atom is 0.248 e. The number of carbonyl (C=O) groups is 1. The van der Waals surface area contributed by atoms with E-state index in [1.165, 1.54) is 7.11 Å². The summed E-state index contributed by atoms with van der Waals surface area (Å²) in [4.78, 5) is 15.5. The molecule has 0 aliphatic carbocycles. The first kappa shape index (κ1) is 13.9. The molecule has 1 aromatic heterocycles. The van der Waals surface area contributed by atoms with Gasteiger partial charge in [0.1, 0.15) is 11.3 Å². The maximum absolute atomic E-state index is 11.3. The van der Waals surface area contributed by atoms with Crippen LogP contribution in [0, 0.1) is 0 Å². The van der Waals surface area contributed by atoms with Crippen molar-refractivity contribution >= 4 is 22.9 Å². The zero-order chi connectivity index (χ0) is 14.7. The predicted octanol–water partition coefficient (Wildman–Crippen LogP) is 0.241. The largest absolute Gasteiger partial charge is 0.494 e. The molecule has 6 N–H and O–H groups in total. The molecule has 1 amide bonds. The number of anilines is 1. The van der Waals surface area contributed by atoms with Crippen LogP contribution >= 0.6 is 0 Å². The van der Waals surface area contributed by atoms with E-state index in [1.807, 2.05) is 12.2 Å². The molecule has 0 unspecified atom stereocenters. The Kier molecular flexibility index (Phi) is 3.90. The summed E-state index contributed by atoms with van der Waals surface area (Å²) in [7, 11) is 1.52. The van der Waals surface area contributed by atoms with Gasteiger partial charge in [-0.25, -0.2) is 4.98 Å². The van der Waals surface area contributed by atoms with Crippen molar-refractivity contribution in [2.75, 3.05) is 19.4 Å². The Morgan fingerprint density at radius 2 is 2.20 bits per heavy atom. The van der Waals surface area contributed by atoms with Gasteiger partial charge in [0.2, 0.25) is 11.9 Å². The second-order valence-corrected chi connectivity index (χ2v) is 4.20. The zero-order valence-corrected chi connectivity index (χ0v) is 11.2. The van der Waals surface area contributed by atoms with Crippen LogP contribution in [-0.4, -0.2) is 29.1 Å². The van der Waals surface area contributed by atoms with Gasteiger partial charge in [-0.05, 0) is 12.1 Å². The number of primary amides is 1. The number of ether oxygens (including phenoxy) is 1. The van der Waals surface area contributed by atoms with Crippen LogP contribution in [-0.2, 0) is 6.54 Å². The standard InChI is InChI=1S/C13H17N5O2/c1-20-10-7-8(12(15)19)6-9-11(10)18(13(16)17-9)5-3-2-4-14/h2-3,6-7H,4-5,14H2,1H3,(H2,15,19)(H2,16,17). The number of hydrogen-bond donors (Lipinski definition) is 3. The lowest BCUT2D eigenvalue weighted by atomic mass is 10.1. The SMILES string of the molecule is COc1cc(C(N)=O)cc2nc(N)n(CC=CCN)c12. The van der Waals surface area contributed by atoms with E-state index in [9.17, 15) is 4.79 Å². The topological polar surface area (TPSA) is 122 Å². The van der Waals surface area contributed by atoms with Crippen LogP contribution in [0.2, 0.25) is 0 Å². The minimum Gasteiger partial charge on any atom is -0.494 e. The molecular formula is C13H17N5O2. The Morgan fingerprint density at radius 1 is 1.45 bits per heavy atom. The van der Waals surface area contributed by atoms with E-state index in [1.54, 1.807) is 16.7 Å². The van der Waals surface area contributed by atoms with E-state index in [0.29, 0.717) is 35.9 Å². The van der Waals surface area contributed by atoms with Gasteiger partial charge < -0.3 is 26.5 Å². The molecule has 1 aromatic carbocycles. The first-order chi connectivity index (χ1) is 9.58. The third-order valence-corrected chi connectivity index (χ3v) is 2.93. The zero-order valence-electron chi connectivity index (χ0n) is 11.2. The molecule has 0 saturated heterocycles. The number of nitrogens with two attached hydrogens (primary N) is 3. The molecule has 0 bridgehead atoms. The van der Waals surface area contributed by atoms with Crippen molar-refractivity contribution < 1.29 is 9.53 Å². The van der Waals surface area contributed by atoms with E-state index in [0.717, 1.165) is 5.52 Å². The number of fused-ring (bicyclic) bond motifs is 1. The smallest absolute Gasteiger partial charge is 0.248 e. The van der Waals surface area contributed by atoms with Gasteiger partial charge in [-0.1, -0.05) is 12.2 Å². The molecule has 7 nitrogen and oxygen atoms in total. The molecule has 0 atom stereocenters. The summed E-state index contributed by atoms with van der Waals surface area (Å²) in [5, 5.41) is 0. The number of hydrogen-bond acceptors (Lipinski definition) is 5. The number of amides is 1. The van der Waals surface area contributed by atoms with E-state index in [4.69, 9.17) is 21.9 Å². The van der Waals surface area contributed by atoms with Crippen LogP contribution in [0.25, 0.3) is 11.0 Å². The van der Waals surface area contributed by atoms with Crippen LogP contribution < -0.4 is 21.9 Å². The number of allylic oxidation sites excluding steroid dienone is 1. The van der Waals surface area contributed by atoms with Crippen molar-refractivity contribution in [3.8, 4) is 5.75 Å². The summed E-state index contributed by atoms with van der Waals surface area (Å²) in [6.45, 7) is 0.974. The number of nitrogen functional groups attached to an aromatic ring is 1. The van der Waals surface area contributed by atoms with Gasteiger partial charge in [-0.2, -0.15) is 0 Å². The van der Waals surface area contributed by atoms with Crippen LogP contribution in [0.5, 0.6) is 5.75 Å². The highest BCUT2D eigenvalue weighted by atomic mass is 16.5. The van der Waals surface area contributed by atoms with Crippen molar-refractivity contribution in [3.63, 3.8) is 0 Å². The molecule has 0 fully saturated rings. The summed E-state index contributed by atoms with van der Waals surface area (Å²) in [6, 6.07) is 3.18. The van der Waals surface area contributed by atoms with Gasteiger partial charge in [-0.15, -0.1) is 0 Å². The average Bonchev–Trinajstić information content (AvgIpc) is 2.74. The van der Waals surface area contributed by atoms with Crippen LogP contribution in [0.4, 0.5) is 5.95 Å². The summed E-state index contributed by atoms with van der Waals surface area (Å²) in [5.41, 5.74) is 18.2. The fourth-order valence-electron chi connectivity index (χ4n) is 2.01. The van der Waals surface area contributed by atoms with Gasteiger partial charge in [0, 0.05) is 18.7 Å². The molecule has 0 saturated carbocycles. The molecule has 0 radical (unpaired) electrons. The van der Waals surface area contributed by atoms with Gasteiger partial charge in [-0.3, -0.25) is 4.79 Å². The molecule has 106 valence electrons. The lowest BCUT2D eigenvalue weighted by molar-refractivity contribution is 0.1000. The Morgan fingerprint density at radius 3 is 2.80 bits per heavy atom. The number of carbonyl (C=O) groups excluding carboxylic acids is 1. The number of aromatic nitrogens is 2. The van der Waals surface area contributed by atoms with Crippen LogP contribution in [0.3, 0.4) is 0 Å². The number of benzene rings is 1. The second-order valence-electron chi connectivity index (χ2n) is 4.20. The minimum atomic E-state index is -0.540. The summed E-state index contributed by atoms with van der Waals surface area (Å²) in [6.07, 6.45) is 3.72. The first-order valence-electron chi connectivity index (χ1n) is 6.07. The monoisotopic (exact) mass is 275 g/mol. The van der Waals surface area contributed by atoms with Gasteiger partial charge in [0.25, 0.3) is 0 Å². The van der Waals surface area contributed by atoms with Gasteiger partial charge >= 0.3 is 0 Å². The predicted molar refractivity (Wildman–Crippen MR) is 77.4 cm³/mol. The van der Waals surface area contributed by atoms with Gasteiger partial charge in [0.15, 0.2) is 0 Å². The highest BCUT2D eigenvalue weighted by molar-refractivity contribution is 5.98. The fourth-order valence-corrected chi connectivity index (χ4v) is 2.01. The van der Waals surface area contributed by atoms with E-state index in [2.05, 4.69) is 4.98 Å². The molecule has 1 heterocycles. The highest BCUT2D eigenvalue weighted by Crippen LogP contribution is 2.29. The van der Waals surface area contributed by atoms with Crippen molar-refractivity contribution in [2.24, 2.45) is 11.5 Å². The Bertz CT molecular complexity index is 675. The highest BCUT2D eigenvalue weighted by Gasteiger charge is 2.15. The fraction of sp³-hybridized carbons (Fsp3) is 0.231. The Balaban J connectivity index is 2.62. The van der Waals surface area contributed by atoms with E-state index < -0.39 is 5.91 Å². The van der Waals surface area contributed by atoms with E-state index in [-0.39, 0.29) is 0 Å². The lowest BCUT2D eigenvalue weighted by Gasteiger charge is -2.08. The molecule has 0 spiro atoms. The third kappa shape index (κ3) is 2.43. The number of methoxy groups -OCH3 is 1. The number of rotatable bonds is 5. The van der Waals surface area contributed by atoms with E-state index >= 15 is 0 Å².